The first-order valence-corrected chi connectivity index (χ1v) is 15.4. The van der Waals surface area contributed by atoms with Crippen molar-refractivity contribution in [3.8, 4) is 11.5 Å². The van der Waals surface area contributed by atoms with Crippen LogP contribution in [0.4, 0.5) is 5.69 Å². The summed E-state index contributed by atoms with van der Waals surface area (Å²) in [7, 11) is 1.70. The Balaban J connectivity index is 0.00000130. The van der Waals surface area contributed by atoms with Crippen LogP contribution in [0.1, 0.15) is 66.7 Å². The fourth-order valence-electron chi connectivity index (χ4n) is 4.94. The van der Waals surface area contributed by atoms with Crippen molar-refractivity contribution < 1.29 is 20.5 Å². The van der Waals surface area contributed by atoms with Gasteiger partial charge in [0.25, 0.3) is 0 Å². The molecule has 0 unspecified atom stereocenters. The predicted molar refractivity (Wildman–Crippen MR) is 178 cm³/mol. The monoisotopic (exact) mass is 590 g/mol. The summed E-state index contributed by atoms with van der Waals surface area (Å²) in [4.78, 5) is 32.9. The number of pyridine rings is 1. The number of benzene rings is 2. The zero-order chi connectivity index (χ0) is 31.9. The van der Waals surface area contributed by atoms with Crippen LogP contribution in [0.25, 0.3) is 10.9 Å². The molecule has 0 radical (unpaired) electrons. The van der Waals surface area contributed by atoms with Gasteiger partial charge in [0, 0.05) is 50.5 Å². The Morgan fingerprint density at radius 2 is 1.67 bits per heavy atom. The molecule has 0 saturated heterocycles. The Labute approximate surface area is 258 Å². The second-order valence-corrected chi connectivity index (χ2v) is 9.12. The van der Waals surface area contributed by atoms with E-state index in [1.807, 2.05) is 97.1 Å². The minimum absolute atomic E-state index is 0. The van der Waals surface area contributed by atoms with Gasteiger partial charge in [-0.15, -0.1) is 0 Å². The number of ether oxygens (including phenoxy) is 2. The van der Waals surface area contributed by atoms with E-state index < -0.39 is 6.04 Å². The van der Waals surface area contributed by atoms with E-state index in [9.17, 15) is 9.59 Å². The van der Waals surface area contributed by atoms with E-state index in [-0.39, 0.29) is 26.5 Å². The number of amides is 2. The van der Waals surface area contributed by atoms with Crippen LogP contribution >= 0.6 is 0 Å². The van der Waals surface area contributed by atoms with Gasteiger partial charge < -0.3 is 24.3 Å². The quantitative estimate of drug-likeness (QED) is 0.232. The molecule has 2 amide bonds. The van der Waals surface area contributed by atoms with Crippen LogP contribution in [-0.4, -0.2) is 41.2 Å². The van der Waals surface area contributed by atoms with Gasteiger partial charge in [-0.1, -0.05) is 71.9 Å². The van der Waals surface area contributed by atoms with E-state index in [1.165, 1.54) is 0 Å². The third-order valence-electron chi connectivity index (χ3n) is 6.90. The predicted octanol–water partition coefficient (Wildman–Crippen LogP) is 7.35. The molecular formula is C35H50N4O4. The van der Waals surface area contributed by atoms with Crippen molar-refractivity contribution in [2.75, 3.05) is 18.7 Å². The Morgan fingerprint density at radius 1 is 1.00 bits per heavy atom. The lowest BCUT2D eigenvalue weighted by molar-refractivity contribution is -0.127. The molecule has 0 saturated carbocycles. The summed E-state index contributed by atoms with van der Waals surface area (Å²) in [6, 6.07) is 16.3. The molecule has 2 aromatic carbocycles. The van der Waals surface area contributed by atoms with Crippen LogP contribution in [0.15, 0.2) is 67.0 Å². The first kappa shape index (κ1) is 34.9. The van der Waals surface area contributed by atoms with Crippen LogP contribution < -0.4 is 19.7 Å². The average molecular weight is 591 g/mol. The topological polar surface area (TPSA) is 85.7 Å². The lowest BCUT2D eigenvalue weighted by atomic mass is 10.0. The molecule has 8 nitrogen and oxygen atoms in total. The van der Waals surface area contributed by atoms with Crippen molar-refractivity contribution in [2.24, 2.45) is 0 Å². The van der Waals surface area contributed by atoms with Gasteiger partial charge in [-0.3, -0.25) is 14.6 Å². The summed E-state index contributed by atoms with van der Waals surface area (Å²) in [5.41, 5.74) is 4.61. The number of carbonyl (C=O) groups excluding carboxylic acids is 2. The maximum atomic E-state index is 13.7. The van der Waals surface area contributed by atoms with Gasteiger partial charge in [0.1, 0.15) is 6.04 Å². The normalized spacial score (nSPS) is 11.6. The second-order valence-electron chi connectivity index (χ2n) is 9.12. The fraction of sp³-hybridized carbons (Fsp3) is 0.400. The van der Waals surface area contributed by atoms with Crippen molar-refractivity contribution in [1.82, 2.24) is 14.9 Å². The molecule has 0 fully saturated rings. The molecule has 3 heterocycles. The maximum Gasteiger partial charge on any atom is 0.249 e. The zero-order valence-electron chi connectivity index (χ0n) is 27.2. The van der Waals surface area contributed by atoms with Crippen molar-refractivity contribution in [1.29, 1.82) is 0 Å². The van der Waals surface area contributed by atoms with Gasteiger partial charge in [0.2, 0.25) is 18.6 Å². The van der Waals surface area contributed by atoms with Crippen LogP contribution in [0, 0.1) is 6.92 Å². The largest absolute Gasteiger partial charge is 0.454 e. The standard InChI is InChI=1S/C29H30N4O4.3C2H6.H2/c1-4-33-19(2)23(22-12-13-30-17-25(22)33)16-28(34)31-24(14-20-8-6-5-7-9-20)29(35)32(3)21-10-11-26-27(15-21)37-18-36-26;3*1-2;/h5-13,15,17,24H,4,14,16,18H2,1-3H3,(H,31,34);3*1-2H3;1H/t24-;;;;/m0..../s1. The Morgan fingerprint density at radius 3 is 2.35 bits per heavy atom. The van der Waals surface area contributed by atoms with E-state index in [1.54, 1.807) is 30.3 Å². The molecular weight excluding hydrogens is 540 g/mol. The van der Waals surface area contributed by atoms with Gasteiger partial charge >= 0.3 is 0 Å². The highest BCUT2D eigenvalue weighted by molar-refractivity contribution is 6.00. The average Bonchev–Trinajstić information content (AvgIpc) is 3.64. The summed E-state index contributed by atoms with van der Waals surface area (Å²) in [6.07, 6.45) is 4.12. The molecule has 234 valence electrons. The van der Waals surface area contributed by atoms with Crippen LogP contribution in [0.2, 0.25) is 0 Å². The lowest BCUT2D eigenvalue weighted by Crippen LogP contribution is -2.49. The smallest absolute Gasteiger partial charge is 0.249 e. The summed E-state index contributed by atoms with van der Waals surface area (Å²) in [5, 5.41) is 4.03. The third-order valence-corrected chi connectivity index (χ3v) is 6.90. The minimum Gasteiger partial charge on any atom is -0.454 e. The molecule has 0 aliphatic carbocycles. The highest BCUT2D eigenvalue weighted by Gasteiger charge is 2.27. The molecule has 0 bridgehead atoms. The Kier molecular flexibility index (Phi) is 14.3. The van der Waals surface area contributed by atoms with Crippen LogP contribution in [0.5, 0.6) is 11.5 Å². The van der Waals surface area contributed by atoms with Crippen LogP contribution in [-0.2, 0) is 29.0 Å². The number of hydrogen-bond donors (Lipinski definition) is 1. The van der Waals surface area contributed by atoms with E-state index in [2.05, 4.69) is 21.8 Å². The first-order chi connectivity index (χ1) is 21.0. The van der Waals surface area contributed by atoms with E-state index in [0.717, 1.165) is 34.3 Å². The highest BCUT2D eigenvalue weighted by Crippen LogP contribution is 2.35. The number of rotatable bonds is 8. The van der Waals surface area contributed by atoms with E-state index >= 15 is 0 Å². The van der Waals surface area contributed by atoms with Gasteiger partial charge in [-0.05, 0) is 43.2 Å². The van der Waals surface area contributed by atoms with Gasteiger partial charge in [0.05, 0.1) is 18.1 Å². The van der Waals surface area contributed by atoms with Gasteiger partial charge in [-0.2, -0.15) is 0 Å². The summed E-state index contributed by atoms with van der Waals surface area (Å²) < 4.78 is 13.0. The van der Waals surface area contributed by atoms with Crippen molar-refractivity contribution >= 4 is 28.4 Å². The molecule has 1 N–H and O–H groups in total. The number of hydrogen-bond acceptors (Lipinski definition) is 5. The Bertz CT molecular complexity index is 1460. The van der Waals surface area contributed by atoms with Gasteiger partial charge in [0.15, 0.2) is 11.5 Å². The molecule has 1 aliphatic rings. The molecule has 5 rings (SSSR count). The lowest BCUT2D eigenvalue weighted by Gasteiger charge is -2.25. The number of likely N-dealkylation sites (N-methyl/N-ethyl adjacent to an activating group) is 1. The molecule has 43 heavy (non-hydrogen) atoms. The molecule has 8 heteroatoms. The van der Waals surface area contributed by atoms with Crippen molar-refractivity contribution in [3.63, 3.8) is 0 Å². The van der Waals surface area contributed by atoms with Crippen LogP contribution in [0.3, 0.4) is 0 Å². The SMILES string of the molecule is CC.CC.CC.CCn1c(C)c(CC(=O)N[C@@H](Cc2ccccc2)C(=O)N(C)c2ccc3c(c2)OCO3)c2ccncc21.[HH]. The van der Waals surface area contributed by atoms with Gasteiger partial charge in [-0.25, -0.2) is 0 Å². The fourth-order valence-corrected chi connectivity index (χ4v) is 4.94. The molecule has 0 spiro atoms. The minimum atomic E-state index is -0.744. The third kappa shape index (κ3) is 8.37. The number of fused-ring (bicyclic) bond motifs is 2. The summed E-state index contributed by atoms with van der Waals surface area (Å²) in [6.45, 7) is 17.0. The zero-order valence-corrected chi connectivity index (χ0v) is 27.2. The molecule has 4 aromatic rings. The number of nitrogens with one attached hydrogen (secondary N) is 1. The Hall–Kier alpha value is -4.33. The second kappa shape index (κ2) is 17.6. The number of anilines is 1. The number of aromatic nitrogens is 2. The first-order valence-electron chi connectivity index (χ1n) is 15.4. The molecule has 2 aromatic heterocycles. The van der Waals surface area contributed by atoms with E-state index in [4.69, 9.17) is 9.47 Å². The van der Waals surface area contributed by atoms with Crippen molar-refractivity contribution in [3.05, 3.63) is 83.8 Å². The summed E-state index contributed by atoms with van der Waals surface area (Å²) in [5.74, 6) is 0.824. The molecule has 1 atom stereocenters. The van der Waals surface area contributed by atoms with E-state index in [0.29, 0.717) is 23.6 Å². The maximum absolute atomic E-state index is 13.7. The number of aryl methyl sites for hydroxylation is 1. The molecule has 1 aliphatic heterocycles. The number of nitrogens with zero attached hydrogens (tertiary/aromatic N) is 3. The van der Waals surface area contributed by atoms with Crippen molar-refractivity contribution in [2.45, 2.75) is 80.8 Å². The number of carbonyl (C=O) groups is 2. The summed E-state index contributed by atoms with van der Waals surface area (Å²) >= 11 is 0. The highest BCUT2D eigenvalue weighted by atomic mass is 16.7.